The predicted molar refractivity (Wildman–Crippen MR) is 75.5 cm³/mol. The van der Waals surface area contributed by atoms with Gasteiger partial charge >= 0.3 is 17.1 Å². The molecule has 1 radical (unpaired) electrons. The van der Waals surface area contributed by atoms with E-state index in [0.717, 1.165) is 21.8 Å². The summed E-state index contributed by atoms with van der Waals surface area (Å²) in [6.45, 7) is 0. The Morgan fingerprint density at radius 1 is 0.783 bits per heavy atom. The fourth-order valence-corrected chi connectivity index (χ4v) is 1.68. The molecule has 0 aliphatic heterocycles. The first-order valence-corrected chi connectivity index (χ1v) is 5.60. The molecule has 23 heavy (non-hydrogen) atoms. The Bertz CT molecular complexity index is 729. The number of hydrogen-bond acceptors (Lipinski definition) is 6. The van der Waals surface area contributed by atoms with E-state index >= 15 is 0 Å². The second-order valence-electron chi connectivity index (χ2n) is 3.79. The van der Waals surface area contributed by atoms with Gasteiger partial charge in [-0.1, -0.05) is 24.3 Å². The molecule has 9 heteroatoms. The number of pyridine rings is 2. The molecule has 0 spiro atoms. The Hall–Kier alpha value is -2.58. The van der Waals surface area contributed by atoms with Crippen molar-refractivity contribution < 1.29 is 47.8 Å². The van der Waals surface area contributed by atoms with Crippen LogP contribution < -0.4 is 10.2 Å². The Kier molecular flexibility index (Phi) is 10.1. The van der Waals surface area contributed by atoms with Gasteiger partial charge in [0.15, 0.2) is 0 Å². The van der Waals surface area contributed by atoms with Crippen molar-refractivity contribution in [1.82, 2.24) is 9.97 Å². The second-order valence-corrected chi connectivity index (χ2v) is 3.79. The van der Waals surface area contributed by atoms with Gasteiger partial charge in [-0.15, -0.1) is 0 Å². The van der Waals surface area contributed by atoms with E-state index in [2.05, 4.69) is 34.2 Å². The van der Waals surface area contributed by atoms with Crippen LogP contribution in [-0.2, 0) is 32.1 Å². The number of hydrogen-bond donors (Lipinski definition) is 0. The third-order valence-corrected chi connectivity index (χ3v) is 2.51. The Morgan fingerprint density at radius 3 is 1.43 bits per heavy atom. The Morgan fingerprint density at radius 2 is 1.13 bits per heavy atom. The van der Waals surface area contributed by atoms with Crippen LogP contribution in [0, 0.1) is 0 Å². The van der Waals surface area contributed by atoms with Gasteiger partial charge in [-0.2, -0.15) is 0 Å². The van der Waals surface area contributed by atoms with Crippen LogP contribution in [0.4, 0.5) is 0 Å². The first-order chi connectivity index (χ1) is 9.59. The largest absolute Gasteiger partial charge is 2.00 e. The number of benzene rings is 1. The smallest absolute Gasteiger partial charge is 0.543 e. The summed E-state index contributed by atoms with van der Waals surface area (Å²) in [6, 6.07) is 12.1. The number of carbonyl (C=O) groups excluding carboxylic acids is 2. The Balaban J connectivity index is 0. The minimum absolute atomic E-state index is 0. The number of aliphatic carboxylic acids is 2. The van der Waals surface area contributed by atoms with Crippen LogP contribution in [0.25, 0.3) is 21.8 Å². The van der Waals surface area contributed by atoms with Crippen LogP contribution in [-0.4, -0.2) is 27.4 Å². The molecule has 0 aliphatic carbocycles. The molecule has 2 aromatic heterocycles. The minimum atomic E-state index is -2.19. The molecular weight excluding hydrogens is 356 g/mol. The number of fused-ring (bicyclic) bond motifs is 3. The molecule has 0 unspecified atom stereocenters. The number of nitrogens with zero attached hydrogens (tertiary/aromatic N) is 2. The molecule has 125 valence electrons. The molecule has 0 saturated heterocycles. The minimum Gasteiger partial charge on any atom is -0.543 e. The van der Waals surface area contributed by atoms with Crippen molar-refractivity contribution in [2.45, 2.75) is 0 Å². The molecule has 3 rings (SSSR count). The van der Waals surface area contributed by atoms with Crippen molar-refractivity contribution in [2.75, 3.05) is 0 Å². The number of carboxylic acid groups (broad SMARTS) is 2. The molecule has 0 aliphatic rings. The zero-order chi connectivity index (χ0) is 14.5. The molecule has 2 heterocycles. The van der Waals surface area contributed by atoms with Crippen molar-refractivity contribution >= 4 is 33.7 Å². The first kappa shape index (κ1) is 22.7. The van der Waals surface area contributed by atoms with E-state index in [1.54, 1.807) is 12.4 Å². The van der Waals surface area contributed by atoms with E-state index in [1.807, 2.05) is 12.1 Å². The third-order valence-electron chi connectivity index (χ3n) is 2.51. The summed E-state index contributed by atoms with van der Waals surface area (Å²) in [6.07, 6.45) is 3.60. The van der Waals surface area contributed by atoms with Gasteiger partial charge in [0, 0.05) is 23.2 Å². The fourth-order valence-electron chi connectivity index (χ4n) is 1.68. The van der Waals surface area contributed by atoms with Crippen LogP contribution in [0.1, 0.15) is 0 Å². The maximum absolute atomic E-state index is 8.93. The zero-order valence-electron chi connectivity index (χ0n) is 11.5. The number of aromatic nitrogens is 2. The van der Waals surface area contributed by atoms with Crippen LogP contribution in [0.2, 0.25) is 0 Å². The van der Waals surface area contributed by atoms with Crippen LogP contribution in [0.3, 0.4) is 0 Å². The van der Waals surface area contributed by atoms with Gasteiger partial charge in [0.25, 0.3) is 0 Å². The normalized spacial score (nSPS) is 8.52. The molecule has 0 saturated carbocycles. The van der Waals surface area contributed by atoms with E-state index in [9.17, 15) is 0 Å². The molecule has 8 nitrogen and oxygen atoms in total. The maximum Gasteiger partial charge on any atom is 2.00 e. The molecule has 1 aromatic carbocycles. The Labute approximate surface area is 140 Å². The van der Waals surface area contributed by atoms with Gasteiger partial charge in [0.2, 0.25) is 0 Å². The zero-order valence-corrected chi connectivity index (χ0v) is 12.5. The standard InChI is InChI=1S/C12H8N2.C2H2O4.Cu.2H2O/c1-3-9-5-6-10-4-2-8-14-12(10)11(9)13-7-1;3-1(4)2(5)6;;;/h1-8H;(H,3,4)(H,5,6);;2*1H2/q;;+2;;/p-1. The quantitative estimate of drug-likeness (QED) is 0.184. The van der Waals surface area contributed by atoms with Gasteiger partial charge < -0.3 is 30.8 Å². The van der Waals surface area contributed by atoms with E-state index in [4.69, 9.17) is 19.8 Å². The summed E-state index contributed by atoms with van der Waals surface area (Å²) in [5.41, 5.74) is 1.95. The molecule has 0 bridgehead atoms. The van der Waals surface area contributed by atoms with Gasteiger partial charge in [-0.05, 0) is 12.1 Å². The first-order valence-electron chi connectivity index (χ1n) is 5.60. The average Bonchev–Trinajstić information content (AvgIpc) is 2.47. The van der Waals surface area contributed by atoms with Gasteiger partial charge in [0.1, 0.15) is 0 Å². The summed E-state index contributed by atoms with van der Waals surface area (Å²) < 4.78 is 0. The summed E-state index contributed by atoms with van der Waals surface area (Å²) >= 11 is 0. The van der Waals surface area contributed by atoms with E-state index < -0.39 is 11.9 Å². The maximum atomic E-state index is 8.93. The van der Waals surface area contributed by atoms with Crippen molar-refractivity contribution in [3.8, 4) is 0 Å². The molecule has 5 N–H and O–H groups in total. The molecule has 0 atom stereocenters. The van der Waals surface area contributed by atoms with Gasteiger partial charge in [-0.3, -0.25) is 9.97 Å². The third kappa shape index (κ3) is 5.61. The van der Waals surface area contributed by atoms with E-state index in [0.29, 0.717) is 0 Å². The number of carboxylic acids is 2. The number of rotatable bonds is 0. The van der Waals surface area contributed by atoms with E-state index in [-0.39, 0.29) is 28.0 Å². The molecule has 3 aromatic rings. The topological polar surface area (TPSA) is 171 Å². The number of carbonyl (C=O) groups is 2. The fraction of sp³-hybridized carbons (Fsp3) is 0. The van der Waals surface area contributed by atoms with E-state index in [1.165, 1.54) is 0 Å². The second kappa shape index (κ2) is 10.2. The monoisotopic (exact) mass is 368 g/mol. The predicted octanol–water partition coefficient (Wildman–Crippen LogP) is -2.48. The van der Waals surface area contributed by atoms with Gasteiger partial charge in [0.05, 0.1) is 23.0 Å². The van der Waals surface area contributed by atoms with Crippen LogP contribution in [0.5, 0.6) is 0 Å². The molecule has 0 fully saturated rings. The summed E-state index contributed by atoms with van der Waals surface area (Å²) in [7, 11) is 0. The summed E-state index contributed by atoms with van der Waals surface area (Å²) in [5.74, 6) is -4.37. The van der Waals surface area contributed by atoms with Crippen molar-refractivity contribution in [3.05, 3.63) is 48.8 Å². The van der Waals surface area contributed by atoms with Crippen molar-refractivity contribution in [1.29, 1.82) is 0 Å². The average molecular weight is 369 g/mol. The molecular formula is C14H13CuN2O6+. The van der Waals surface area contributed by atoms with Gasteiger partial charge in [-0.25, -0.2) is 0 Å². The van der Waals surface area contributed by atoms with Crippen LogP contribution in [0.15, 0.2) is 48.8 Å². The summed E-state index contributed by atoms with van der Waals surface area (Å²) in [4.78, 5) is 26.5. The summed E-state index contributed by atoms with van der Waals surface area (Å²) in [5, 5.41) is 20.1. The van der Waals surface area contributed by atoms with Crippen molar-refractivity contribution in [3.63, 3.8) is 0 Å². The SMILES string of the molecule is O.O=C([O-])C(=O)[O-].[Cu+2].[OH3+].c1cnc2c(c1)ccc1cccnc12. The molecule has 0 amide bonds. The van der Waals surface area contributed by atoms with Crippen molar-refractivity contribution in [2.24, 2.45) is 0 Å². The van der Waals surface area contributed by atoms with Crippen LogP contribution >= 0.6 is 0 Å².